The number of hydrogen-bond donors (Lipinski definition) is 3. The molecular formula is C44H40N2O3S2. The van der Waals surface area contributed by atoms with E-state index in [-0.39, 0.29) is 11.5 Å². The summed E-state index contributed by atoms with van der Waals surface area (Å²) in [7, 11) is 0. The van der Waals surface area contributed by atoms with Crippen LogP contribution in [0.2, 0.25) is 0 Å². The van der Waals surface area contributed by atoms with Crippen LogP contribution in [0, 0.1) is 0 Å². The van der Waals surface area contributed by atoms with Gasteiger partial charge in [0.15, 0.2) is 0 Å². The molecule has 0 saturated carbocycles. The van der Waals surface area contributed by atoms with Gasteiger partial charge >= 0.3 is 5.97 Å². The lowest BCUT2D eigenvalue weighted by Crippen LogP contribution is -2.51. The summed E-state index contributed by atoms with van der Waals surface area (Å²) in [6.45, 7) is 0. The molecule has 51 heavy (non-hydrogen) atoms. The van der Waals surface area contributed by atoms with Crippen molar-refractivity contribution >= 4 is 35.4 Å². The van der Waals surface area contributed by atoms with E-state index in [1.54, 1.807) is 11.8 Å². The third-order valence-corrected chi connectivity index (χ3v) is 12.3. The molecule has 6 rings (SSSR count). The Morgan fingerprint density at radius 2 is 0.745 bits per heavy atom. The van der Waals surface area contributed by atoms with Crippen molar-refractivity contribution in [2.24, 2.45) is 5.73 Å². The first-order chi connectivity index (χ1) is 24.9. The van der Waals surface area contributed by atoms with Gasteiger partial charge in [-0.25, -0.2) is 4.79 Å². The third-order valence-electron chi connectivity index (χ3n) is 8.98. The average molecular weight is 709 g/mol. The second-order valence-corrected chi connectivity index (χ2v) is 14.7. The normalized spacial score (nSPS) is 12.8. The first kappa shape index (κ1) is 35.7. The first-order valence-electron chi connectivity index (χ1n) is 16.8. The quantitative estimate of drug-likeness (QED) is 0.0930. The molecule has 0 saturated heterocycles. The maximum Gasteiger partial charge on any atom is 0.327 e. The van der Waals surface area contributed by atoms with Gasteiger partial charge < -0.3 is 16.2 Å². The second kappa shape index (κ2) is 16.8. The zero-order valence-electron chi connectivity index (χ0n) is 28.0. The molecule has 2 atom stereocenters. The molecule has 1 amide bonds. The van der Waals surface area contributed by atoms with Gasteiger partial charge in [-0.1, -0.05) is 182 Å². The van der Waals surface area contributed by atoms with E-state index < -0.39 is 33.5 Å². The summed E-state index contributed by atoms with van der Waals surface area (Å²) in [6, 6.07) is 58.7. The molecule has 0 fully saturated rings. The zero-order chi connectivity index (χ0) is 35.5. The fourth-order valence-corrected chi connectivity index (χ4v) is 9.53. The highest BCUT2D eigenvalue weighted by molar-refractivity contribution is 8.01. The zero-order valence-corrected chi connectivity index (χ0v) is 29.7. The molecule has 256 valence electrons. The van der Waals surface area contributed by atoms with Crippen LogP contribution in [-0.2, 0) is 19.1 Å². The van der Waals surface area contributed by atoms with Crippen LogP contribution in [0.1, 0.15) is 33.4 Å². The van der Waals surface area contributed by atoms with Crippen LogP contribution in [0.15, 0.2) is 182 Å². The fraction of sp³-hybridized carbons (Fsp3) is 0.136. The van der Waals surface area contributed by atoms with E-state index in [2.05, 4.69) is 78.1 Å². The molecule has 0 heterocycles. The topological polar surface area (TPSA) is 92.4 Å². The number of aliphatic carboxylic acids is 1. The van der Waals surface area contributed by atoms with Gasteiger partial charge in [0.1, 0.15) is 6.04 Å². The van der Waals surface area contributed by atoms with Gasteiger partial charge in [0, 0.05) is 11.5 Å². The molecule has 6 aromatic rings. The number of carbonyl (C=O) groups excluding carboxylic acids is 1. The molecule has 0 spiro atoms. The number of nitrogens with one attached hydrogen (secondary N) is 1. The highest BCUT2D eigenvalue weighted by Crippen LogP contribution is 2.50. The fourth-order valence-electron chi connectivity index (χ4n) is 6.49. The Morgan fingerprint density at radius 3 is 1.00 bits per heavy atom. The molecule has 6 aromatic carbocycles. The average Bonchev–Trinajstić information content (AvgIpc) is 3.20. The Balaban J connectivity index is 1.27. The maximum atomic E-state index is 13.8. The summed E-state index contributed by atoms with van der Waals surface area (Å²) in [5, 5.41) is 13.2. The van der Waals surface area contributed by atoms with E-state index >= 15 is 0 Å². The van der Waals surface area contributed by atoms with Crippen molar-refractivity contribution in [3.8, 4) is 0 Å². The van der Waals surface area contributed by atoms with Crippen molar-refractivity contribution in [3.05, 3.63) is 215 Å². The summed E-state index contributed by atoms with van der Waals surface area (Å²) in [5.41, 5.74) is 12.8. The Labute approximate surface area is 308 Å². The second-order valence-electron chi connectivity index (χ2n) is 12.2. The van der Waals surface area contributed by atoms with Gasteiger partial charge in [-0.3, -0.25) is 4.79 Å². The SMILES string of the molecule is N[C@H](CSC(c1ccccc1)(c1ccccc1)c1ccccc1)C(=O)N[C@@H](CSC(c1ccccc1)(c1ccccc1)c1ccccc1)C(=O)O. The number of rotatable bonds is 15. The van der Waals surface area contributed by atoms with Crippen LogP contribution < -0.4 is 11.1 Å². The number of thioether (sulfide) groups is 2. The Morgan fingerprint density at radius 1 is 0.490 bits per heavy atom. The molecule has 7 heteroatoms. The predicted octanol–water partition coefficient (Wildman–Crippen LogP) is 8.33. The smallest absolute Gasteiger partial charge is 0.327 e. The summed E-state index contributed by atoms with van der Waals surface area (Å²) in [6.07, 6.45) is 0. The largest absolute Gasteiger partial charge is 0.480 e. The van der Waals surface area contributed by atoms with E-state index in [4.69, 9.17) is 5.73 Å². The van der Waals surface area contributed by atoms with Gasteiger partial charge in [0.25, 0.3) is 0 Å². The van der Waals surface area contributed by atoms with Crippen molar-refractivity contribution < 1.29 is 14.7 Å². The molecule has 0 aromatic heterocycles. The van der Waals surface area contributed by atoms with Crippen LogP contribution in [-0.4, -0.2) is 40.6 Å². The first-order valence-corrected chi connectivity index (χ1v) is 18.8. The number of carboxylic acids is 1. The van der Waals surface area contributed by atoms with Gasteiger partial charge in [0.05, 0.1) is 15.5 Å². The Hall–Kier alpha value is -5.08. The minimum atomic E-state index is -1.18. The lowest BCUT2D eigenvalue weighted by Gasteiger charge is -2.36. The molecule has 0 aliphatic heterocycles. The van der Waals surface area contributed by atoms with Gasteiger partial charge in [-0.05, 0) is 33.4 Å². The van der Waals surface area contributed by atoms with Crippen LogP contribution in [0.25, 0.3) is 0 Å². The molecule has 0 unspecified atom stereocenters. The molecule has 0 radical (unpaired) electrons. The van der Waals surface area contributed by atoms with Crippen LogP contribution >= 0.6 is 23.5 Å². The van der Waals surface area contributed by atoms with E-state index in [0.717, 1.165) is 33.4 Å². The molecule has 0 aliphatic rings. The maximum absolute atomic E-state index is 13.8. The monoisotopic (exact) mass is 708 g/mol. The highest BCUT2D eigenvalue weighted by Gasteiger charge is 2.40. The Kier molecular flexibility index (Phi) is 11.7. The van der Waals surface area contributed by atoms with Crippen molar-refractivity contribution in [3.63, 3.8) is 0 Å². The highest BCUT2D eigenvalue weighted by atomic mass is 32.2. The molecule has 5 nitrogen and oxygen atoms in total. The van der Waals surface area contributed by atoms with Crippen molar-refractivity contribution in [2.45, 2.75) is 21.6 Å². The lowest BCUT2D eigenvalue weighted by atomic mass is 9.84. The van der Waals surface area contributed by atoms with E-state index in [1.807, 2.05) is 109 Å². The lowest BCUT2D eigenvalue weighted by molar-refractivity contribution is -0.141. The number of carbonyl (C=O) groups is 2. The Bertz CT molecular complexity index is 1790. The van der Waals surface area contributed by atoms with Gasteiger partial charge in [-0.2, -0.15) is 0 Å². The summed E-state index contributed by atoms with van der Waals surface area (Å²) < 4.78 is -1.40. The standard InChI is InChI=1S/C44H40N2O3S2/c45-39(31-50-43(33-19-7-1-8-20-33,34-21-9-2-10-22-34)35-23-11-3-12-24-35)41(47)46-40(42(48)49)32-51-44(36-25-13-4-14-26-36,37-27-15-5-16-28-37)38-29-17-6-18-30-38/h1-30,39-40H,31-32,45H2,(H,46,47)(H,48,49)/t39-,40+/m1/s1. The summed E-state index contributed by atoms with van der Waals surface area (Å²) >= 11 is 3.06. The molecule has 0 bridgehead atoms. The number of nitrogens with two attached hydrogens (primary N) is 1. The number of benzene rings is 6. The van der Waals surface area contributed by atoms with E-state index in [1.165, 1.54) is 11.8 Å². The van der Waals surface area contributed by atoms with Crippen molar-refractivity contribution in [1.29, 1.82) is 0 Å². The number of amides is 1. The molecule has 0 aliphatic carbocycles. The minimum absolute atomic E-state index is 0.0988. The predicted molar refractivity (Wildman–Crippen MR) is 211 cm³/mol. The summed E-state index contributed by atoms with van der Waals surface area (Å²) in [5.74, 6) is -1.29. The van der Waals surface area contributed by atoms with Gasteiger partial charge in [-0.15, -0.1) is 23.5 Å². The van der Waals surface area contributed by atoms with Crippen LogP contribution in [0.5, 0.6) is 0 Å². The van der Waals surface area contributed by atoms with Crippen molar-refractivity contribution in [1.82, 2.24) is 5.32 Å². The van der Waals surface area contributed by atoms with Crippen molar-refractivity contribution in [2.75, 3.05) is 11.5 Å². The van der Waals surface area contributed by atoms with Crippen LogP contribution in [0.4, 0.5) is 0 Å². The van der Waals surface area contributed by atoms with E-state index in [9.17, 15) is 14.7 Å². The number of hydrogen-bond acceptors (Lipinski definition) is 5. The minimum Gasteiger partial charge on any atom is -0.480 e. The summed E-state index contributed by atoms with van der Waals surface area (Å²) in [4.78, 5) is 26.6. The molecule has 4 N–H and O–H groups in total. The third kappa shape index (κ3) is 7.81. The number of carboxylic acid groups (broad SMARTS) is 1. The van der Waals surface area contributed by atoms with E-state index in [0.29, 0.717) is 0 Å². The van der Waals surface area contributed by atoms with Crippen LogP contribution in [0.3, 0.4) is 0 Å². The molecular weight excluding hydrogens is 669 g/mol. The van der Waals surface area contributed by atoms with Gasteiger partial charge in [0.2, 0.25) is 5.91 Å².